The number of carboxylic acids is 1. The van der Waals surface area contributed by atoms with E-state index in [-0.39, 0.29) is 5.56 Å². The molecular formula is C23H29N3O2. The highest BCUT2D eigenvalue weighted by Crippen LogP contribution is 2.35. The topological polar surface area (TPSA) is 65.5 Å². The van der Waals surface area contributed by atoms with Crippen LogP contribution in [-0.2, 0) is 6.42 Å². The van der Waals surface area contributed by atoms with E-state index in [0.29, 0.717) is 17.6 Å². The Morgan fingerprint density at radius 2 is 2.04 bits per heavy atom. The van der Waals surface area contributed by atoms with Crippen LogP contribution in [0.4, 0.5) is 11.4 Å². The summed E-state index contributed by atoms with van der Waals surface area (Å²) in [7, 11) is 2.23. The standard InChI is InChI=1S/C23H29N3O2/c1-26(18-7-2-3-8-18)19-9-10-20-16(13-19)5-4-6-17(20)14-25-22-15-24-12-11-21(22)23(27)28/h9-13,15,17-18,25H,2-8,14H2,1H3,(H,27,28)/t17-/m0/s1. The minimum absolute atomic E-state index is 0.277. The van der Waals surface area contributed by atoms with Gasteiger partial charge in [0.05, 0.1) is 17.4 Å². The van der Waals surface area contributed by atoms with Crippen LogP contribution in [0.15, 0.2) is 36.7 Å². The van der Waals surface area contributed by atoms with Crippen molar-refractivity contribution in [2.75, 3.05) is 23.8 Å². The van der Waals surface area contributed by atoms with Crippen LogP contribution in [0.25, 0.3) is 0 Å². The Hall–Kier alpha value is -2.56. The minimum atomic E-state index is -0.923. The minimum Gasteiger partial charge on any atom is -0.478 e. The quantitative estimate of drug-likeness (QED) is 0.762. The van der Waals surface area contributed by atoms with Crippen LogP contribution in [0.3, 0.4) is 0 Å². The molecule has 0 saturated heterocycles. The first-order valence-electron chi connectivity index (χ1n) is 10.4. The first-order valence-corrected chi connectivity index (χ1v) is 10.4. The summed E-state index contributed by atoms with van der Waals surface area (Å²) in [5.41, 5.74) is 5.06. The molecule has 0 amide bonds. The van der Waals surface area contributed by atoms with E-state index in [9.17, 15) is 9.90 Å². The van der Waals surface area contributed by atoms with Gasteiger partial charge in [-0.3, -0.25) is 4.98 Å². The van der Waals surface area contributed by atoms with E-state index in [4.69, 9.17) is 0 Å². The molecule has 1 aromatic carbocycles. The molecule has 5 heteroatoms. The number of pyridine rings is 1. The van der Waals surface area contributed by atoms with Gasteiger partial charge in [0, 0.05) is 37.4 Å². The molecule has 5 nitrogen and oxygen atoms in total. The molecule has 1 aromatic heterocycles. The number of nitrogens with one attached hydrogen (secondary N) is 1. The molecule has 1 heterocycles. The number of hydrogen-bond acceptors (Lipinski definition) is 4. The molecule has 0 bridgehead atoms. The Morgan fingerprint density at radius 1 is 1.21 bits per heavy atom. The monoisotopic (exact) mass is 379 g/mol. The van der Waals surface area contributed by atoms with Crippen LogP contribution in [0.1, 0.15) is 65.9 Å². The lowest BCUT2D eigenvalue weighted by atomic mass is 9.82. The average Bonchev–Trinajstić information content (AvgIpc) is 3.26. The zero-order valence-corrected chi connectivity index (χ0v) is 16.5. The van der Waals surface area contributed by atoms with Gasteiger partial charge in [-0.2, -0.15) is 0 Å². The van der Waals surface area contributed by atoms with Crippen molar-refractivity contribution in [3.05, 3.63) is 53.3 Å². The molecule has 0 spiro atoms. The van der Waals surface area contributed by atoms with Gasteiger partial charge in [-0.25, -0.2) is 4.79 Å². The summed E-state index contributed by atoms with van der Waals surface area (Å²) in [5.74, 6) is -0.523. The van der Waals surface area contributed by atoms with Crippen molar-refractivity contribution < 1.29 is 9.90 Å². The van der Waals surface area contributed by atoms with Crippen LogP contribution >= 0.6 is 0 Å². The van der Waals surface area contributed by atoms with Crippen molar-refractivity contribution >= 4 is 17.3 Å². The van der Waals surface area contributed by atoms with E-state index < -0.39 is 5.97 Å². The normalized spacial score (nSPS) is 19.2. The molecule has 2 N–H and O–H groups in total. The lowest BCUT2D eigenvalue weighted by Crippen LogP contribution is -2.29. The Kier molecular flexibility index (Phi) is 5.51. The van der Waals surface area contributed by atoms with Crippen molar-refractivity contribution in [3.8, 4) is 0 Å². The molecule has 148 valence electrons. The summed E-state index contributed by atoms with van der Waals surface area (Å²) in [6.07, 6.45) is 11.9. The highest BCUT2D eigenvalue weighted by Gasteiger charge is 2.24. The number of aromatic nitrogens is 1. The maximum atomic E-state index is 11.4. The largest absolute Gasteiger partial charge is 0.478 e. The number of carbonyl (C=O) groups is 1. The van der Waals surface area contributed by atoms with Gasteiger partial charge in [-0.15, -0.1) is 0 Å². The number of hydrogen-bond donors (Lipinski definition) is 2. The summed E-state index contributed by atoms with van der Waals surface area (Å²) in [6, 6.07) is 9.17. The van der Waals surface area contributed by atoms with Gasteiger partial charge in [0.15, 0.2) is 0 Å². The van der Waals surface area contributed by atoms with Crippen LogP contribution in [-0.4, -0.2) is 35.7 Å². The van der Waals surface area contributed by atoms with Crippen LogP contribution in [0.5, 0.6) is 0 Å². The van der Waals surface area contributed by atoms with E-state index in [1.165, 1.54) is 55.1 Å². The third-order valence-electron chi connectivity index (χ3n) is 6.44. The molecular weight excluding hydrogens is 350 g/mol. The highest BCUT2D eigenvalue weighted by molar-refractivity contribution is 5.93. The zero-order valence-electron chi connectivity index (χ0n) is 16.5. The van der Waals surface area contributed by atoms with Gasteiger partial charge in [0.1, 0.15) is 0 Å². The lowest BCUT2D eigenvalue weighted by molar-refractivity contribution is 0.0698. The van der Waals surface area contributed by atoms with Crippen molar-refractivity contribution in [1.82, 2.24) is 4.98 Å². The average molecular weight is 380 g/mol. The summed E-state index contributed by atoms with van der Waals surface area (Å²) in [5, 5.41) is 12.7. The summed E-state index contributed by atoms with van der Waals surface area (Å²) < 4.78 is 0. The van der Waals surface area contributed by atoms with Crippen LogP contribution < -0.4 is 10.2 Å². The molecule has 1 saturated carbocycles. The molecule has 0 aliphatic heterocycles. The summed E-state index contributed by atoms with van der Waals surface area (Å²) >= 11 is 0. The predicted octanol–water partition coefficient (Wildman–Crippen LogP) is 4.69. The van der Waals surface area contributed by atoms with Gasteiger partial charge in [-0.05, 0) is 61.4 Å². The second-order valence-corrected chi connectivity index (χ2v) is 8.13. The molecule has 2 aliphatic carbocycles. The number of anilines is 2. The Balaban J connectivity index is 1.49. The number of aryl methyl sites for hydroxylation is 1. The highest BCUT2D eigenvalue weighted by atomic mass is 16.4. The van der Waals surface area contributed by atoms with Gasteiger partial charge >= 0.3 is 5.97 Å². The Labute approximate surface area is 166 Å². The van der Waals surface area contributed by atoms with E-state index in [1.807, 2.05) is 0 Å². The van der Waals surface area contributed by atoms with Gasteiger partial charge < -0.3 is 15.3 Å². The number of aromatic carboxylic acids is 1. The first kappa shape index (κ1) is 18.8. The summed E-state index contributed by atoms with van der Waals surface area (Å²) in [4.78, 5) is 17.9. The fraction of sp³-hybridized carbons (Fsp3) is 0.478. The van der Waals surface area contributed by atoms with Gasteiger partial charge in [-0.1, -0.05) is 18.9 Å². The first-order chi connectivity index (χ1) is 13.6. The molecule has 2 aromatic rings. The van der Waals surface area contributed by atoms with E-state index in [1.54, 1.807) is 12.3 Å². The summed E-state index contributed by atoms with van der Waals surface area (Å²) in [6.45, 7) is 0.733. The van der Waals surface area contributed by atoms with Gasteiger partial charge in [0.2, 0.25) is 0 Å². The fourth-order valence-electron chi connectivity index (χ4n) is 4.79. The van der Waals surface area contributed by atoms with Crippen LogP contribution in [0, 0.1) is 0 Å². The third kappa shape index (κ3) is 3.84. The number of benzene rings is 1. The lowest BCUT2D eigenvalue weighted by Gasteiger charge is -2.31. The Bertz CT molecular complexity index is 845. The second kappa shape index (κ2) is 8.21. The maximum absolute atomic E-state index is 11.4. The number of carboxylic acid groups (broad SMARTS) is 1. The number of rotatable bonds is 6. The molecule has 0 radical (unpaired) electrons. The molecule has 0 unspecified atom stereocenters. The molecule has 1 fully saturated rings. The smallest absolute Gasteiger partial charge is 0.337 e. The number of fused-ring (bicyclic) bond motifs is 1. The second-order valence-electron chi connectivity index (χ2n) is 8.13. The third-order valence-corrected chi connectivity index (χ3v) is 6.44. The van der Waals surface area contributed by atoms with Gasteiger partial charge in [0.25, 0.3) is 0 Å². The number of nitrogens with zero attached hydrogens (tertiary/aromatic N) is 2. The SMILES string of the molecule is CN(c1ccc2c(c1)CCC[C@H]2CNc1cnccc1C(=O)O)C1CCCC1. The van der Waals surface area contributed by atoms with Crippen LogP contribution in [0.2, 0.25) is 0 Å². The maximum Gasteiger partial charge on any atom is 0.337 e. The molecule has 4 rings (SSSR count). The van der Waals surface area contributed by atoms with Crippen molar-refractivity contribution in [3.63, 3.8) is 0 Å². The van der Waals surface area contributed by atoms with E-state index >= 15 is 0 Å². The Morgan fingerprint density at radius 3 is 2.82 bits per heavy atom. The molecule has 28 heavy (non-hydrogen) atoms. The molecule has 2 aliphatic rings. The predicted molar refractivity (Wildman–Crippen MR) is 112 cm³/mol. The molecule has 1 atom stereocenters. The van der Waals surface area contributed by atoms with E-state index in [0.717, 1.165) is 19.4 Å². The van der Waals surface area contributed by atoms with Crippen molar-refractivity contribution in [2.24, 2.45) is 0 Å². The zero-order chi connectivity index (χ0) is 19.5. The van der Waals surface area contributed by atoms with E-state index in [2.05, 4.69) is 40.4 Å². The van der Waals surface area contributed by atoms with Crippen molar-refractivity contribution in [2.45, 2.75) is 56.9 Å². The van der Waals surface area contributed by atoms with Crippen molar-refractivity contribution in [1.29, 1.82) is 0 Å². The fourth-order valence-corrected chi connectivity index (χ4v) is 4.79.